The van der Waals surface area contributed by atoms with Crippen LogP contribution < -0.4 is 14.9 Å². The number of carboxylic acid groups (broad SMARTS) is 1. The average Bonchev–Trinajstić information content (AvgIpc) is 2.64. The molecule has 1 aromatic heterocycles. The largest absolute Gasteiger partial charge is 0.478 e. The summed E-state index contributed by atoms with van der Waals surface area (Å²) in [7, 11) is 0. The SMILES string of the molecule is CCc1cccc(Oc2coc3cc(OC(C)(C)C(=O)O)ccc3c2=O)c1. The zero-order valence-electron chi connectivity index (χ0n) is 15.3. The molecule has 6 heteroatoms. The zero-order chi connectivity index (χ0) is 19.6. The van der Waals surface area contributed by atoms with Crippen LogP contribution in [0.3, 0.4) is 0 Å². The predicted octanol–water partition coefficient (Wildman–Crippen LogP) is 4.39. The number of ether oxygens (including phenoxy) is 2. The number of hydrogen-bond donors (Lipinski definition) is 1. The number of aryl methyl sites for hydroxylation is 1. The Hall–Kier alpha value is -3.28. The van der Waals surface area contributed by atoms with Gasteiger partial charge in [0.05, 0.1) is 5.39 Å². The maximum atomic E-state index is 12.7. The van der Waals surface area contributed by atoms with Crippen molar-refractivity contribution in [1.29, 1.82) is 0 Å². The lowest BCUT2D eigenvalue weighted by Gasteiger charge is -2.21. The van der Waals surface area contributed by atoms with Crippen molar-refractivity contribution in [2.24, 2.45) is 0 Å². The first kappa shape index (κ1) is 18.5. The van der Waals surface area contributed by atoms with Gasteiger partial charge in [-0.2, -0.15) is 0 Å². The van der Waals surface area contributed by atoms with Crippen LogP contribution in [0, 0.1) is 0 Å². The maximum absolute atomic E-state index is 12.7. The third-order valence-corrected chi connectivity index (χ3v) is 4.14. The average molecular weight is 368 g/mol. The van der Waals surface area contributed by atoms with Crippen LogP contribution in [0.15, 0.2) is 57.9 Å². The number of benzene rings is 2. The fraction of sp³-hybridized carbons (Fsp3) is 0.238. The normalized spacial score (nSPS) is 11.4. The predicted molar refractivity (Wildman–Crippen MR) is 101 cm³/mol. The summed E-state index contributed by atoms with van der Waals surface area (Å²) in [5, 5.41) is 9.48. The standard InChI is InChI=1S/C21H20O6/c1-4-13-6-5-7-14(10-13)26-18-12-25-17-11-15(8-9-16(17)19(18)22)27-21(2,3)20(23)24/h5-12H,4H2,1-3H3,(H,23,24). The van der Waals surface area contributed by atoms with Crippen molar-refractivity contribution in [2.75, 3.05) is 0 Å². The molecule has 0 unspecified atom stereocenters. The lowest BCUT2D eigenvalue weighted by Crippen LogP contribution is -2.37. The van der Waals surface area contributed by atoms with Crippen molar-refractivity contribution < 1.29 is 23.8 Å². The summed E-state index contributed by atoms with van der Waals surface area (Å²) >= 11 is 0. The third kappa shape index (κ3) is 3.95. The maximum Gasteiger partial charge on any atom is 0.347 e. The second kappa shape index (κ2) is 7.15. The molecule has 0 bridgehead atoms. The second-order valence-corrected chi connectivity index (χ2v) is 6.61. The van der Waals surface area contributed by atoms with Gasteiger partial charge in [-0.1, -0.05) is 19.1 Å². The first-order chi connectivity index (χ1) is 12.8. The van der Waals surface area contributed by atoms with Crippen LogP contribution in [0.5, 0.6) is 17.2 Å². The molecule has 3 rings (SSSR count). The van der Waals surface area contributed by atoms with Gasteiger partial charge >= 0.3 is 5.97 Å². The molecule has 1 N–H and O–H groups in total. The molecule has 0 aliphatic heterocycles. The van der Waals surface area contributed by atoms with E-state index in [4.69, 9.17) is 19.0 Å². The van der Waals surface area contributed by atoms with E-state index < -0.39 is 11.6 Å². The summed E-state index contributed by atoms with van der Waals surface area (Å²) in [5.74, 6) is -0.163. The van der Waals surface area contributed by atoms with E-state index >= 15 is 0 Å². The van der Waals surface area contributed by atoms with Gasteiger partial charge in [0, 0.05) is 6.07 Å². The van der Waals surface area contributed by atoms with Crippen LogP contribution in [0.1, 0.15) is 26.3 Å². The Bertz CT molecular complexity index is 1050. The summed E-state index contributed by atoms with van der Waals surface area (Å²) in [4.78, 5) is 23.9. The minimum atomic E-state index is -1.40. The highest BCUT2D eigenvalue weighted by Gasteiger charge is 2.29. The summed E-state index contributed by atoms with van der Waals surface area (Å²) in [6.07, 6.45) is 2.11. The molecule has 27 heavy (non-hydrogen) atoms. The van der Waals surface area contributed by atoms with Gasteiger partial charge in [-0.3, -0.25) is 4.79 Å². The van der Waals surface area contributed by atoms with Gasteiger partial charge in [-0.05, 0) is 50.1 Å². The number of aliphatic carboxylic acids is 1. The lowest BCUT2D eigenvalue weighted by molar-refractivity contribution is -0.152. The second-order valence-electron chi connectivity index (χ2n) is 6.61. The van der Waals surface area contributed by atoms with E-state index in [0.29, 0.717) is 16.9 Å². The summed E-state index contributed by atoms with van der Waals surface area (Å²) in [6.45, 7) is 4.92. The Kier molecular flexibility index (Phi) is 4.90. The number of rotatable bonds is 6. The quantitative estimate of drug-likeness (QED) is 0.694. The number of fused-ring (bicyclic) bond motifs is 1. The Labute approximate surface area is 156 Å². The third-order valence-electron chi connectivity index (χ3n) is 4.14. The first-order valence-corrected chi connectivity index (χ1v) is 8.55. The fourth-order valence-corrected chi connectivity index (χ4v) is 2.52. The van der Waals surface area contributed by atoms with Gasteiger partial charge in [-0.15, -0.1) is 0 Å². The van der Waals surface area contributed by atoms with Crippen molar-refractivity contribution in [3.8, 4) is 17.2 Å². The highest BCUT2D eigenvalue weighted by Crippen LogP contribution is 2.26. The van der Waals surface area contributed by atoms with E-state index in [9.17, 15) is 9.59 Å². The Morgan fingerprint density at radius 1 is 1.15 bits per heavy atom. The van der Waals surface area contributed by atoms with E-state index in [0.717, 1.165) is 12.0 Å². The van der Waals surface area contributed by atoms with Gasteiger partial charge in [0.15, 0.2) is 5.60 Å². The van der Waals surface area contributed by atoms with Gasteiger partial charge in [-0.25, -0.2) is 4.79 Å². The summed E-state index contributed by atoms with van der Waals surface area (Å²) in [6, 6.07) is 12.0. The Morgan fingerprint density at radius 2 is 1.93 bits per heavy atom. The van der Waals surface area contributed by atoms with Gasteiger partial charge in [0.2, 0.25) is 11.2 Å². The van der Waals surface area contributed by atoms with Crippen molar-refractivity contribution in [3.05, 3.63) is 64.5 Å². The highest BCUT2D eigenvalue weighted by atomic mass is 16.5. The molecule has 140 valence electrons. The van der Waals surface area contributed by atoms with Gasteiger partial charge in [0.25, 0.3) is 0 Å². The van der Waals surface area contributed by atoms with Gasteiger partial charge < -0.3 is 19.0 Å². The smallest absolute Gasteiger partial charge is 0.347 e. The minimum absolute atomic E-state index is 0.0790. The summed E-state index contributed by atoms with van der Waals surface area (Å²) in [5.41, 5.74) is -0.336. The number of hydrogen-bond acceptors (Lipinski definition) is 5. The molecule has 0 aliphatic rings. The molecule has 6 nitrogen and oxygen atoms in total. The molecule has 0 aliphatic carbocycles. The fourth-order valence-electron chi connectivity index (χ4n) is 2.52. The van der Waals surface area contributed by atoms with Crippen LogP contribution in [-0.2, 0) is 11.2 Å². The Morgan fingerprint density at radius 3 is 2.63 bits per heavy atom. The molecular formula is C21H20O6. The minimum Gasteiger partial charge on any atom is -0.478 e. The summed E-state index contributed by atoms with van der Waals surface area (Å²) < 4.78 is 16.7. The van der Waals surface area contributed by atoms with Crippen LogP contribution in [0.2, 0.25) is 0 Å². The Balaban J connectivity index is 1.92. The number of carbonyl (C=O) groups is 1. The lowest BCUT2D eigenvalue weighted by atomic mass is 10.1. The van der Waals surface area contributed by atoms with Crippen molar-refractivity contribution in [1.82, 2.24) is 0 Å². The van der Waals surface area contributed by atoms with E-state index in [2.05, 4.69) is 0 Å². The zero-order valence-corrected chi connectivity index (χ0v) is 15.3. The van der Waals surface area contributed by atoms with Crippen LogP contribution >= 0.6 is 0 Å². The van der Waals surface area contributed by atoms with Crippen LogP contribution in [-0.4, -0.2) is 16.7 Å². The van der Waals surface area contributed by atoms with Crippen LogP contribution in [0.25, 0.3) is 11.0 Å². The topological polar surface area (TPSA) is 86.0 Å². The molecular weight excluding hydrogens is 348 g/mol. The molecule has 0 saturated carbocycles. The van der Waals surface area contributed by atoms with Crippen molar-refractivity contribution in [3.63, 3.8) is 0 Å². The molecule has 0 fully saturated rings. The van der Waals surface area contributed by atoms with E-state index in [-0.39, 0.29) is 16.8 Å². The molecule has 2 aromatic carbocycles. The van der Waals surface area contributed by atoms with E-state index in [1.165, 1.54) is 38.3 Å². The highest BCUT2D eigenvalue weighted by molar-refractivity contribution is 5.80. The first-order valence-electron chi connectivity index (χ1n) is 8.55. The van der Waals surface area contributed by atoms with E-state index in [1.54, 1.807) is 6.07 Å². The van der Waals surface area contributed by atoms with Crippen molar-refractivity contribution >= 4 is 16.9 Å². The molecule has 0 atom stereocenters. The molecule has 3 aromatic rings. The van der Waals surface area contributed by atoms with E-state index in [1.807, 2.05) is 25.1 Å². The van der Waals surface area contributed by atoms with Gasteiger partial charge in [0.1, 0.15) is 23.3 Å². The van der Waals surface area contributed by atoms with Crippen LogP contribution in [0.4, 0.5) is 0 Å². The van der Waals surface area contributed by atoms with Crippen molar-refractivity contribution in [2.45, 2.75) is 32.8 Å². The molecule has 0 saturated heterocycles. The molecule has 0 radical (unpaired) electrons. The molecule has 0 amide bonds. The number of carboxylic acids is 1. The molecule has 0 spiro atoms. The monoisotopic (exact) mass is 368 g/mol. The molecule has 1 heterocycles.